The molecule has 4 nitrogen and oxygen atoms in total. The first-order valence-electron chi connectivity index (χ1n) is 21.8. The molecule has 3 N–H and O–H groups in total. The highest BCUT2D eigenvalue weighted by Gasteiger charge is 2.18. The SMILES string of the molecule is CCCCCCCCCCCCCCCCCCCCCCCCC(=O)NC(CO)C(O)/C=C/CCCC(C)CCCCCCCCC. The molecule has 3 atom stereocenters. The minimum Gasteiger partial charge on any atom is -0.394 e. The highest BCUT2D eigenvalue weighted by Crippen LogP contribution is 2.18. The Hall–Kier alpha value is -0.870. The second kappa shape index (κ2) is 38.9. The van der Waals surface area contributed by atoms with Gasteiger partial charge < -0.3 is 15.5 Å². The first-order chi connectivity index (χ1) is 23.5. The van der Waals surface area contributed by atoms with Gasteiger partial charge in [0.05, 0.1) is 18.8 Å². The van der Waals surface area contributed by atoms with Crippen molar-refractivity contribution in [2.45, 2.75) is 251 Å². The van der Waals surface area contributed by atoms with Gasteiger partial charge in [-0.05, 0) is 25.2 Å². The van der Waals surface area contributed by atoms with Crippen molar-refractivity contribution in [1.29, 1.82) is 0 Å². The molecule has 0 aromatic heterocycles. The minimum atomic E-state index is -0.839. The number of hydrogen-bond acceptors (Lipinski definition) is 3. The standard InChI is InChI=1S/C44H87NO3/c1-4-6-8-10-12-13-14-15-16-17-18-19-20-21-22-23-24-25-26-28-30-35-39-44(48)45-42(40-46)43(47)38-34-31-33-37-41(3)36-32-29-27-11-9-7-5-2/h34,38,41-43,46-47H,4-33,35-37,39-40H2,1-3H3,(H,45,48)/b38-34+. The number of carbonyl (C=O) groups excluding carboxylic acids is 1. The summed E-state index contributed by atoms with van der Waals surface area (Å²) in [4.78, 5) is 12.4. The van der Waals surface area contributed by atoms with Crippen LogP contribution < -0.4 is 5.32 Å². The van der Waals surface area contributed by atoms with Crippen LogP contribution in [0, 0.1) is 5.92 Å². The summed E-state index contributed by atoms with van der Waals surface area (Å²) >= 11 is 0. The van der Waals surface area contributed by atoms with Gasteiger partial charge >= 0.3 is 0 Å². The Labute approximate surface area is 301 Å². The van der Waals surface area contributed by atoms with Gasteiger partial charge in [0, 0.05) is 6.42 Å². The lowest BCUT2D eigenvalue weighted by Gasteiger charge is -2.20. The molecule has 48 heavy (non-hydrogen) atoms. The van der Waals surface area contributed by atoms with Crippen LogP contribution in [0.25, 0.3) is 0 Å². The molecule has 1 amide bonds. The van der Waals surface area contributed by atoms with Crippen LogP contribution in [0.3, 0.4) is 0 Å². The molecule has 0 aromatic rings. The van der Waals surface area contributed by atoms with Crippen molar-refractivity contribution in [3.63, 3.8) is 0 Å². The highest BCUT2D eigenvalue weighted by molar-refractivity contribution is 5.76. The molecule has 0 aliphatic carbocycles. The number of rotatable bonds is 39. The Bertz CT molecular complexity index is 666. The van der Waals surface area contributed by atoms with Crippen molar-refractivity contribution >= 4 is 5.91 Å². The van der Waals surface area contributed by atoms with E-state index in [-0.39, 0.29) is 12.5 Å². The largest absolute Gasteiger partial charge is 0.394 e. The average molecular weight is 678 g/mol. The molecule has 0 heterocycles. The van der Waals surface area contributed by atoms with Gasteiger partial charge in [0.15, 0.2) is 0 Å². The number of aliphatic hydroxyl groups excluding tert-OH is 2. The number of carbonyl (C=O) groups is 1. The predicted octanol–water partition coefficient (Wildman–Crippen LogP) is 13.3. The molecule has 4 heteroatoms. The lowest BCUT2D eigenvalue weighted by molar-refractivity contribution is -0.123. The van der Waals surface area contributed by atoms with Gasteiger partial charge in [0.2, 0.25) is 5.91 Å². The van der Waals surface area contributed by atoms with Crippen molar-refractivity contribution < 1.29 is 15.0 Å². The van der Waals surface area contributed by atoms with Crippen molar-refractivity contribution in [3.05, 3.63) is 12.2 Å². The van der Waals surface area contributed by atoms with Crippen molar-refractivity contribution in [2.75, 3.05) is 6.61 Å². The van der Waals surface area contributed by atoms with Crippen molar-refractivity contribution in [1.82, 2.24) is 5.32 Å². The third-order valence-corrected chi connectivity index (χ3v) is 10.4. The normalized spacial score (nSPS) is 13.7. The molecule has 0 aliphatic rings. The molecular formula is C44H87NO3. The van der Waals surface area contributed by atoms with Crippen LogP contribution >= 0.6 is 0 Å². The van der Waals surface area contributed by atoms with Crippen LogP contribution in [0.5, 0.6) is 0 Å². The van der Waals surface area contributed by atoms with Gasteiger partial charge in [-0.1, -0.05) is 226 Å². The van der Waals surface area contributed by atoms with E-state index in [0.717, 1.165) is 31.6 Å². The fourth-order valence-corrected chi connectivity index (χ4v) is 6.96. The maximum atomic E-state index is 12.4. The van der Waals surface area contributed by atoms with Crippen molar-refractivity contribution in [2.24, 2.45) is 5.92 Å². The maximum absolute atomic E-state index is 12.4. The monoisotopic (exact) mass is 678 g/mol. The zero-order valence-electron chi connectivity index (χ0n) is 32.9. The lowest BCUT2D eigenvalue weighted by Crippen LogP contribution is -2.45. The van der Waals surface area contributed by atoms with E-state index in [1.54, 1.807) is 6.08 Å². The molecule has 0 rings (SSSR count). The van der Waals surface area contributed by atoms with Crippen LogP contribution in [0.2, 0.25) is 0 Å². The van der Waals surface area contributed by atoms with E-state index in [0.29, 0.717) is 6.42 Å². The molecule has 0 aromatic carbocycles. The van der Waals surface area contributed by atoms with Gasteiger partial charge in [-0.25, -0.2) is 0 Å². The summed E-state index contributed by atoms with van der Waals surface area (Å²) in [6.45, 7) is 6.67. The number of aliphatic hydroxyl groups is 2. The molecule has 0 radical (unpaired) electrons. The third-order valence-electron chi connectivity index (χ3n) is 10.4. The topological polar surface area (TPSA) is 69.6 Å². The summed E-state index contributed by atoms with van der Waals surface area (Å²) in [6.07, 6.45) is 47.5. The van der Waals surface area contributed by atoms with E-state index in [4.69, 9.17) is 0 Å². The van der Waals surface area contributed by atoms with Crippen LogP contribution in [-0.4, -0.2) is 34.9 Å². The fourth-order valence-electron chi connectivity index (χ4n) is 6.96. The molecule has 0 aliphatic heterocycles. The average Bonchev–Trinajstić information content (AvgIpc) is 3.08. The van der Waals surface area contributed by atoms with Crippen LogP contribution in [-0.2, 0) is 4.79 Å². The summed E-state index contributed by atoms with van der Waals surface area (Å²) in [5, 5.41) is 23.0. The smallest absolute Gasteiger partial charge is 0.220 e. The van der Waals surface area contributed by atoms with E-state index < -0.39 is 12.1 Å². The number of allylic oxidation sites excluding steroid dienone is 1. The number of hydrogen-bond donors (Lipinski definition) is 3. The van der Waals surface area contributed by atoms with E-state index in [2.05, 4.69) is 26.1 Å². The first-order valence-corrected chi connectivity index (χ1v) is 21.8. The number of nitrogens with one attached hydrogen (secondary N) is 1. The molecule has 0 saturated heterocycles. The predicted molar refractivity (Wildman–Crippen MR) is 212 cm³/mol. The van der Waals surface area contributed by atoms with E-state index in [1.165, 1.54) is 186 Å². The zero-order valence-corrected chi connectivity index (χ0v) is 32.9. The molecule has 0 spiro atoms. The Morgan fingerprint density at radius 2 is 0.896 bits per heavy atom. The maximum Gasteiger partial charge on any atom is 0.220 e. The number of amides is 1. The van der Waals surface area contributed by atoms with Gasteiger partial charge in [0.25, 0.3) is 0 Å². The Balaban J connectivity index is 3.57. The summed E-state index contributed by atoms with van der Waals surface area (Å²) < 4.78 is 0. The highest BCUT2D eigenvalue weighted by atomic mass is 16.3. The fraction of sp³-hybridized carbons (Fsp3) is 0.932. The molecule has 0 saturated carbocycles. The van der Waals surface area contributed by atoms with Gasteiger partial charge in [-0.15, -0.1) is 0 Å². The first kappa shape index (κ1) is 47.1. The van der Waals surface area contributed by atoms with Crippen LogP contribution in [0.1, 0.15) is 239 Å². The Kier molecular flexibility index (Phi) is 38.2. The Morgan fingerprint density at radius 3 is 1.29 bits per heavy atom. The molecule has 0 fully saturated rings. The van der Waals surface area contributed by atoms with Gasteiger partial charge in [0.1, 0.15) is 0 Å². The van der Waals surface area contributed by atoms with Crippen LogP contribution in [0.4, 0.5) is 0 Å². The number of unbranched alkanes of at least 4 members (excludes halogenated alkanes) is 28. The molecule has 0 bridgehead atoms. The summed E-state index contributed by atoms with van der Waals surface area (Å²) in [7, 11) is 0. The van der Waals surface area contributed by atoms with Crippen LogP contribution in [0.15, 0.2) is 12.2 Å². The molecule has 286 valence electrons. The van der Waals surface area contributed by atoms with Gasteiger partial charge in [-0.2, -0.15) is 0 Å². The lowest BCUT2D eigenvalue weighted by atomic mass is 9.96. The van der Waals surface area contributed by atoms with E-state index >= 15 is 0 Å². The van der Waals surface area contributed by atoms with Gasteiger partial charge in [-0.3, -0.25) is 4.79 Å². The van der Waals surface area contributed by atoms with E-state index in [1.807, 2.05) is 6.08 Å². The van der Waals surface area contributed by atoms with Crippen molar-refractivity contribution in [3.8, 4) is 0 Å². The quantitative estimate of drug-likeness (QED) is 0.0448. The second-order valence-corrected chi connectivity index (χ2v) is 15.4. The van der Waals surface area contributed by atoms with E-state index in [9.17, 15) is 15.0 Å². The third kappa shape index (κ3) is 35.0. The molecular weight excluding hydrogens is 590 g/mol. The molecule has 3 unspecified atom stereocenters. The minimum absolute atomic E-state index is 0.0612. The summed E-state index contributed by atoms with van der Waals surface area (Å²) in [5.74, 6) is 0.695. The zero-order chi connectivity index (χ0) is 35.2. The summed E-state index contributed by atoms with van der Waals surface area (Å²) in [5.41, 5.74) is 0. The summed E-state index contributed by atoms with van der Waals surface area (Å²) in [6, 6.07) is -0.621. The second-order valence-electron chi connectivity index (χ2n) is 15.4. The Morgan fingerprint density at radius 1 is 0.542 bits per heavy atom.